The van der Waals surface area contributed by atoms with Gasteiger partial charge in [-0.05, 0) is 18.2 Å². The summed E-state index contributed by atoms with van der Waals surface area (Å²) >= 11 is 0. The van der Waals surface area contributed by atoms with Crippen LogP contribution in [0.3, 0.4) is 0 Å². The molecule has 0 saturated carbocycles. The zero-order valence-corrected chi connectivity index (χ0v) is 16.2. The molecule has 164 valence electrons. The average molecular weight is 438 g/mol. The number of aromatic nitrogens is 3. The predicted octanol–water partition coefficient (Wildman–Crippen LogP) is 3.20. The molecule has 1 atom stereocenters. The summed E-state index contributed by atoms with van der Waals surface area (Å²) in [4.78, 5) is 19.8. The number of nitrogens with one attached hydrogen (secondary N) is 1. The van der Waals surface area contributed by atoms with Crippen molar-refractivity contribution >= 4 is 5.91 Å². The first-order chi connectivity index (χ1) is 14.6. The lowest BCUT2D eigenvalue weighted by Gasteiger charge is -2.29. The largest absolute Gasteiger partial charge is 0.439 e. The van der Waals surface area contributed by atoms with Gasteiger partial charge in [0.15, 0.2) is 5.82 Å². The number of hydrogen-bond acceptors (Lipinski definition) is 5. The molecule has 1 amide bonds. The molecule has 7 nitrogen and oxygen atoms in total. The number of pyridine rings is 1. The van der Waals surface area contributed by atoms with Crippen LogP contribution in [0.5, 0.6) is 11.6 Å². The summed E-state index contributed by atoms with van der Waals surface area (Å²) in [5, 5.41) is 12.6. The number of carbonyl (C=O) groups is 1. The molecule has 2 aromatic heterocycles. The lowest BCUT2D eigenvalue weighted by atomic mass is 9.97. The van der Waals surface area contributed by atoms with Crippen molar-refractivity contribution in [3.05, 3.63) is 72.2 Å². The number of carbonyl (C=O) groups excluding carboxylic acids is 1. The Hall–Kier alpha value is -3.47. The Morgan fingerprint density at radius 1 is 1.19 bits per heavy atom. The molecule has 2 heterocycles. The minimum Gasteiger partial charge on any atom is -0.439 e. The summed E-state index contributed by atoms with van der Waals surface area (Å²) in [5.74, 6) is -2.09. The highest BCUT2D eigenvalue weighted by atomic mass is 19.4. The highest BCUT2D eigenvalue weighted by Gasteiger charge is 2.58. The van der Waals surface area contributed by atoms with Crippen molar-refractivity contribution in [3.8, 4) is 11.6 Å². The molecule has 11 heteroatoms. The highest BCUT2D eigenvalue weighted by Crippen LogP contribution is 2.40. The Labute approximate surface area is 174 Å². The number of aliphatic hydroxyl groups is 1. The minimum absolute atomic E-state index is 0.0450. The average Bonchev–Trinajstić information content (AvgIpc) is 3.13. The lowest BCUT2D eigenvalue weighted by molar-refractivity contribution is -0.271. The van der Waals surface area contributed by atoms with Crippen molar-refractivity contribution in [2.45, 2.75) is 24.7 Å². The third-order valence-electron chi connectivity index (χ3n) is 4.41. The van der Waals surface area contributed by atoms with Crippen LogP contribution in [0.2, 0.25) is 0 Å². The summed E-state index contributed by atoms with van der Waals surface area (Å²) < 4.78 is 60.5. The van der Waals surface area contributed by atoms with Gasteiger partial charge in [-0.3, -0.25) is 4.79 Å². The Morgan fingerprint density at radius 3 is 2.61 bits per heavy atom. The molecule has 1 unspecified atom stereocenters. The topological polar surface area (TPSA) is 89.3 Å². The standard InChI is InChI=1S/C20H18F4N4O3/c1-28-9-8-26-18(28)19(30,20(22,23)24)11-16(29)27-12-13-4-3-7-25-17(13)31-15-6-2-5-14(21)10-15/h2-10,30H,11-12H2,1H3,(H,27,29). The number of halogens is 4. The first kappa shape index (κ1) is 22.2. The maximum absolute atomic E-state index is 13.6. The number of hydrogen-bond donors (Lipinski definition) is 2. The van der Waals surface area contributed by atoms with Gasteiger partial charge < -0.3 is 19.7 Å². The van der Waals surface area contributed by atoms with E-state index in [-0.39, 0.29) is 18.2 Å². The molecule has 0 radical (unpaired) electrons. The van der Waals surface area contributed by atoms with E-state index < -0.39 is 35.7 Å². The molecular formula is C20H18F4N4O3. The fraction of sp³-hybridized carbons (Fsp3) is 0.250. The Balaban J connectivity index is 1.73. The second kappa shape index (κ2) is 8.72. The molecule has 0 spiro atoms. The molecule has 31 heavy (non-hydrogen) atoms. The van der Waals surface area contributed by atoms with Gasteiger partial charge in [-0.2, -0.15) is 13.2 Å². The third kappa shape index (κ3) is 5.00. The molecule has 1 aromatic carbocycles. The van der Waals surface area contributed by atoms with Gasteiger partial charge in [-0.25, -0.2) is 14.4 Å². The van der Waals surface area contributed by atoms with Gasteiger partial charge in [0, 0.05) is 43.8 Å². The molecule has 0 saturated heterocycles. The van der Waals surface area contributed by atoms with Gasteiger partial charge in [0.2, 0.25) is 17.4 Å². The predicted molar refractivity (Wildman–Crippen MR) is 100 cm³/mol. The third-order valence-corrected chi connectivity index (χ3v) is 4.41. The van der Waals surface area contributed by atoms with E-state index in [1.54, 1.807) is 6.07 Å². The van der Waals surface area contributed by atoms with Crippen LogP contribution in [0, 0.1) is 5.82 Å². The number of imidazole rings is 1. The van der Waals surface area contributed by atoms with Crippen LogP contribution in [0.4, 0.5) is 17.6 Å². The van der Waals surface area contributed by atoms with E-state index in [0.717, 1.165) is 16.8 Å². The Kier molecular flexibility index (Phi) is 6.25. The monoisotopic (exact) mass is 438 g/mol. The maximum atomic E-state index is 13.6. The molecule has 0 aliphatic heterocycles. The van der Waals surface area contributed by atoms with Crippen LogP contribution >= 0.6 is 0 Å². The van der Waals surface area contributed by atoms with Gasteiger partial charge in [0.25, 0.3) is 0 Å². The van der Waals surface area contributed by atoms with Crippen LogP contribution in [0.25, 0.3) is 0 Å². The first-order valence-electron chi connectivity index (χ1n) is 9.01. The number of amides is 1. The fourth-order valence-corrected chi connectivity index (χ4v) is 2.85. The fourth-order valence-electron chi connectivity index (χ4n) is 2.85. The molecule has 0 aliphatic carbocycles. The van der Waals surface area contributed by atoms with E-state index in [9.17, 15) is 27.5 Å². The second-order valence-electron chi connectivity index (χ2n) is 6.70. The molecule has 3 aromatic rings. The summed E-state index contributed by atoms with van der Waals surface area (Å²) in [5.41, 5.74) is -3.13. The zero-order valence-electron chi connectivity index (χ0n) is 16.2. The second-order valence-corrected chi connectivity index (χ2v) is 6.70. The van der Waals surface area contributed by atoms with Crippen molar-refractivity contribution in [1.82, 2.24) is 19.9 Å². The van der Waals surface area contributed by atoms with E-state index in [1.807, 2.05) is 0 Å². The van der Waals surface area contributed by atoms with Crippen molar-refractivity contribution in [3.63, 3.8) is 0 Å². The van der Waals surface area contributed by atoms with Crippen molar-refractivity contribution < 1.29 is 32.2 Å². The van der Waals surface area contributed by atoms with E-state index in [0.29, 0.717) is 5.56 Å². The van der Waals surface area contributed by atoms with Crippen LogP contribution in [-0.2, 0) is 24.0 Å². The van der Waals surface area contributed by atoms with E-state index in [1.165, 1.54) is 43.7 Å². The van der Waals surface area contributed by atoms with Gasteiger partial charge in [-0.15, -0.1) is 0 Å². The number of ether oxygens (including phenoxy) is 1. The van der Waals surface area contributed by atoms with Crippen molar-refractivity contribution in [1.29, 1.82) is 0 Å². The van der Waals surface area contributed by atoms with E-state index >= 15 is 0 Å². The molecule has 0 fully saturated rings. The molecule has 2 N–H and O–H groups in total. The van der Waals surface area contributed by atoms with Crippen LogP contribution < -0.4 is 10.1 Å². The number of aryl methyl sites for hydroxylation is 1. The molecule has 3 rings (SSSR count). The van der Waals surface area contributed by atoms with Crippen LogP contribution in [0.15, 0.2) is 55.0 Å². The summed E-state index contributed by atoms with van der Waals surface area (Å²) in [7, 11) is 1.28. The Morgan fingerprint density at radius 2 is 1.97 bits per heavy atom. The number of nitrogens with zero attached hydrogens (tertiary/aromatic N) is 3. The van der Waals surface area contributed by atoms with E-state index in [4.69, 9.17) is 4.74 Å². The smallest absolute Gasteiger partial charge is 0.425 e. The molecular weight excluding hydrogens is 420 g/mol. The maximum Gasteiger partial charge on any atom is 0.425 e. The summed E-state index contributed by atoms with van der Waals surface area (Å²) in [6.45, 7) is -0.230. The molecule has 0 aliphatic rings. The quantitative estimate of drug-likeness (QED) is 0.553. The minimum atomic E-state index is -5.14. The number of alkyl halides is 3. The van der Waals surface area contributed by atoms with Crippen molar-refractivity contribution in [2.75, 3.05) is 0 Å². The Bertz CT molecular complexity index is 1070. The molecule has 0 bridgehead atoms. The van der Waals surface area contributed by atoms with Gasteiger partial charge >= 0.3 is 6.18 Å². The van der Waals surface area contributed by atoms with Crippen LogP contribution in [0.1, 0.15) is 17.8 Å². The summed E-state index contributed by atoms with van der Waals surface area (Å²) in [6, 6.07) is 8.38. The van der Waals surface area contributed by atoms with Crippen molar-refractivity contribution in [2.24, 2.45) is 7.05 Å². The number of rotatable bonds is 7. The number of benzene rings is 1. The van der Waals surface area contributed by atoms with E-state index in [2.05, 4.69) is 15.3 Å². The highest BCUT2D eigenvalue weighted by molar-refractivity contribution is 5.77. The first-order valence-corrected chi connectivity index (χ1v) is 9.01. The summed E-state index contributed by atoms with van der Waals surface area (Å²) in [6.07, 6.45) is -2.69. The zero-order chi connectivity index (χ0) is 22.6. The van der Waals surface area contributed by atoms with Crippen LogP contribution in [-0.4, -0.2) is 31.7 Å². The lowest BCUT2D eigenvalue weighted by Crippen LogP contribution is -2.47. The normalized spacial score (nSPS) is 13.5. The van der Waals surface area contributed by atoms with Gasteiger partial charge in [0.1, 0.15) is 11.6 Å². The van der Waals surface area contributed by atoms with Gasteiger partial charge in [0.05, 0.1) is 6.42 Å². The van der Waals surface area contributed by atoms with Gasteiger partial charge in [-0.1, -0.05) is 12.1 Å². The SMILES string of the molecule is Cn1ccnc1C(O)(CC(=O)NCc1cccnc1Oc1cccc(F)c1)C(F)(F)F.